The zero-order valence-corrected chi connectivity index (χ0v) is 16.0. The predicted molar refractivity (Wildman–Crippen MR) is 78.7 cm³/mol. The molecular formula is C14H36O4Ti. The fraction of sp³-hybridized carbons (Fsp3) is 1.00. The van der Waals surface area contributed by atoms with Crippen LogP contribution in [0.3, 0.4) is 0 Å². The Labute approximate surface area is 135 Å². The number of rotatable bonds is 0. The van der Waals surface area contributed by atoms with Crippen molar-refractivity contribution in [1.82, 2.24) is 0 Å². The third kappa shape index (κ3) is 16500. The van der Waals surface area contributed by atoms with Crippen LogP contribution < -0.4 is 0 Å². The average molecular weight is 316 g/mol. The molecule has 0 aromatic carbocycles. The van der Waals surface area contributed by atoms with Gasteiger partial charge in [-0.15, -0.1) is 0 Å². The van der Waals surface area contributed by atoms with Crippen LogP contribution in [0.5, 0.6) is 0 Å². The van der Waals surface area contributed by atoms with Gasteiger partial charge in [-0.05, 0) is 69.2 Å². The summed E-state index contributed by atoms with van der Waals surface area (Å²) in [4.78, 5) is 0. The van der Waals surface area contributed by atoms with E-state index in [9.17, 15) is 0 Å². The minimum Gasteiger partial charge on any atom is -0.394 e. The zero-order valence-electron chi connectivity index (χ0n) is 14.4. The van der Waals surface area contributed by atoms with Crippen molar-refractivity contribution in [3.05, 3.63) is 0 Å². The number of hydrogen-bond acceptors (Lipinski definition) is 4. The van der Waals surface area contributed by atoms with Gasteiger partial charge >= 0.3 is 0 Å². The second-order valence-corrected chi connectivity index (χ2v) is 6.53. The van der Waals surface area contributed by atoms with Crippen molar-refractivity contribution in [2.75, 3.05) is 0 Å². The van der Waals surface area contributed by atoms with Gasteiger partial charge in [0.15, 0.2) is 0 Å². The maximum absolute atomic E-state index is 8.52. The van der Waals surface area contributed by atoms with Gasteiger partial charge < -0.3 is 20.4 Å². The molecule has 0 atom stereocenters. The molecule has 0 aromatic rings. The quantitative estimate of drug-likeness (QED) is 0.517. The van der Waals surface area contributed by atoms with E-state index in [0.717, 1.165) is 0 Å². The topological polar surface area (TPSA) is 80.9 Å². The van der Waals surface area contributed by atoms with E-state index in [1.54, 1.807) is 69.2 Å². The summed E-state index contributed by atoms with van der Waals surface area (Å²) in [5.74, 6) is 0. The molecule has 0 spiro atoms. The second kappa shape index (κ2) is 16.6. The minimum atomic E-state index is -0.500. The summed E-state index contributed by atoms with van der Waals surface area (Å²) in [6, 6.07) is 0. The Morgan fingerprint density at radius 1 is 0.579 bits per heavy atom. The van der Waals surface area contributed by atoms with E-state index in [1.165, 1.54) is 0 Å². The average Bonchev–Trinajstić information content (AvgIpc) is 1.70. The van der Waals surface area contributed by atoms with Crippen LogP contribution in [0.15, 0.2) is 0 Å². The zero-order chi connectivity index (χ0) is 16.2. The number of aliphatic hydroxyl groups is 4. The number of aliphatic hydroxyl groups excluding tert-OH is 2. The van der Waals surface area contributed by atoms with Crippen LogP contribution in [-0.4, -0.2) is 43.8 Å². The van der Waals surface area contributed by atoms with Crippen molar-refractivity contribution in [2.45, 2.75) is 92.6 Å². The molecular weight excluding hydrogens is 280 g/mol. The van der Waals surface area contributed by atoms with Gasteiger partial charge in [0, 0.05) is 33.9 Å². The van der Waals surface area contributed by atoms with E-state index in [1.807, 2.05) is 0 Å². The van der Waals surface area contributed by atoms with Crippen molar-refractivity contribution in [3.8, 4) is 0 Å². The fourth-order valence-corrected chi connectivity index (χ4v) is 0. The van der Waals surface area contributed by atoms with Crippen molar-refractivity contribution in [3.63, 3.8) is 0 Å². The second-order valence-electron chi connectivity index (χ2n) is 6.53. The van der Waals surface area contributed by atoms with E-state index >= 15 is 0 Å². The molecule has 0 unspecified atom stereocenters. The predicted octanol–water partition coefficient (Wildman–Crippen LogP) is 2.33. The molecule has 0 aliphatic rings. The molecule has 5 heteroatoms. The van der Waals surface area contributed by atoms with Crippen LogP contribution in [0.25, 0.3) is 0 Å². The molecule has 0 bridgehead atoms. The van der Waals surface area contributed by atoms with E-state index in [-0.39, 0.29) is 33.9 Å². The third-order valence-corrected chi connectivity index (χ3v) is 0. The van der Waals surface area contributed by atoms with E-state index in [4.69, 9.17) is 20.4 Å². The molecule has 4 nitrogen and oxygen atoms in total. The van der Waals surface area contributed by atoms with Crippen LogP contribution in [0.4, 0.5) is 0 Å². The van der Waals surface area contributed by atoms with Crippen molar-refractivity contribution in [1.29, 1.82) is 0 Å². The van der Waals surface area contributed by atoms with Crippen LogP contribution in [-0.2, 0) is 21.7 Å². The van der Waals surface area contributed by atoms with Gasteiger partial charge in [-0.2, -0.15) is 0 Å². The largest absolute Gasteiger partial charge is 0.394 e. The normalized spacial score (nSPS) is 10.1. The molecule has 120 valence electrons. The van der Waals surface area contributed by atoms with E-state index < -0.39 is 11.2 Å². The molecule has 0 aliphatic heterocycles. The van der Waals surface area contributed by atoms with Crippen LogP contribution in [0.1, 0.15) is 69.2 Å². The maximum Gasteiger partial charge on any atom is 0.0563 e. The smallest absolute Gasteiger partial charge is 0.0563 e. The first-order valence-corrected chi connectivity index (χ1v) is 6.27. The number of hydrogen-bond donors (Lipinski definition) is 4. The summed E-state index contributed by atoms with van der Waals surface area (Å²) in [7, 11) is 0. The van der Waals surface area contributed by atoms with E-state index in [0.29, 0.717) is 0 Å². The first-order valence-electron chi connectivity index (χ1n) is 6.27. The van der Waals surface area contributed by atoms with Gasteiger partial charge in [0.25, 0.3) is 0 Å². The fourth-order valence-electron chi connectivity index (χ4n) is 0. The van der Waals surface area contributed by atoms with E-state index in [2.05, 4.69) is 0 Å². The standard InChI is InChI=1S/2C4H10O.2C3H8O.Ti/c2*1-4(2,3)5;2*1-3(2)4;/h2*5H,1-3H3;2*3-4H,1-2H3;. The Morgan fingerprint density at radius 2 is 0.579 bits per heavy atom. The Balaban J connectivity index is -0.0000000453. The molecule has 4 N–H and O–H groups in total. The SMILES string of the molecule is CC(C)(C)O.CC(C)(C)O.CC(C)O.CC(C)O.[Ti]. The monoisotopic (exact) mass is 316 g/mol. The molecule has 0 amide bonds. The van der Waals surface area contributed by atoms with Crippen LogP contribution in [0, 0.1) is 0 Å². The summed E-state index contributed by atoms with van der Waals surface area (Å²) >= 11 is 0. The molecule has 0 saturated heterocycles. The molecule has 0 saturated carbocycles. The van der Waals surface area contributed by atoms with Crippen LogP contribution >= 0.6 is 0 Å². The van der Waals surface area contributed by atoms with Gasteiger partial charge in [0.1, 0.15) is 0 Å². The first-order chi connectivity index (χ1) is 7.46. The van der Waals surface area contributed by atoms with Crippen molar-refractivity contribution < 1.29 is 42.1 Å². The first kappa shape index (κ1) is 31.8. The Bertz CT molecular complexity index is 111. The molecule has 0 fully saturated rings. The van der Waals surface area contributed by atoms with Crippen molar-refractivity contribution >= 4 is 0 Å². The Morgan fingerprint density at radius 3 is 0.579 bits per heavy atom. The van der Waals surface area contributed by atoms with Gasteiger partial charge in [0.2, 0.25) is 0 Å². The molecule has 0 aromatic heterocycles. The van der Waals surface area contributed by atoms with Gasteiger partial charge in [-0.1, -0.05) is 0 Å². The summed E-state index contributed by atoms with van der Waals surface area (Å²) in [6.07, 6.45) is -0.333. The maximum atomic E-state index is 8.52. The third-order valence-electron chi connectivity index (χ3n) is 0. The van der Waals surface area contributed by atoms with Gasteiger partial charge in [-0.3, -0.25) is 0 Å². The molecule has 0 radical (unpaired) electrons. The molecule has 0 rings (SSSR count). The minimum absolute atomic E-state index is 0. The molecule has 0 heterocycles. The van der Waals surface area contributed by atoms with Gasteiger partial charge in [0.05, 0.1) is 11.2 Å². The summed E-state index contributed by atoms with van der Waals surface area (Å²) in [6.45, 7) is 17.3. The summed E-state index contributed by atoms with van der Waals surface area (Å²) < 4.78 is 0. The molecule has 0 aliphatic carbocycles. The van der Waals surface area contributed by atoms with Crippen LogP contribution in [0.2, 0.25) is 0 Å². The molecule has 19 heavy (non-hydrogen) atoms. The Hall–Kier alpha value is 0.554. The van der Waals surface area contributed by atoms with Crippen molar-refractivity contribution in [2.24, 2.45) is 0 Å². The summed E-state index contributed by atoms with van der Waals surface area (Å²) in [5, 5.41) is 33.2. The summed E-state index contributed by atoms with van der Waals surface area (Å²) in [5.41, 5.74) is -1.00. The van der Waals surface area contributed by atoms with Gasteiger partial charge in [-0.25, -0.2) is 0 Å². The Kier molecular flexibility index (Phi) is 27.8.